The van der Waals surface area contributed by atoms with Crippen molar-refractivity contribution in [1.82, 2.24) is 4.90 Å². The van der Waals surface area contributed by atoms with Crippen LogP contribution in [-0.4, -0.2) is 34.7 Å². The van der Waals surface area contributed by atoms with Crippen LogP contribution in [0.5, 0.6) is 0 Å². The normalized spacial score (nSPS) is 35.8. The van der Waals surface area contributed by atoms with Gasteiger partial charge in [0.15, 0.2) is 0 Å². The number of hydrogen-bond acceptors (Lipinski definition) is 2. The van der Waals surface area contributed by atoms with E-state index >= 15 is 0 Å². The van der Waals surface area contributed by atoms with Crippen molar-refractivity contribution in [2.24, 2.45) is 5.92 Å². The van der Waals surface area contributed by atoms with E-state index in [2.05, 4.69) is 25.7 Å². The van der Waals surface area contributed by atoms with Gasteiger partial charge in [-0.15, -0.1) is 0 Å². The zero-order chi connectivity index (χ0) is 10.0. The molecule has 0 radical (unpaired) electrons. The highest BCUT2D eigenvalue weighted by Gasteiger charge is 2.28. The molecular weight excluding hydrogens is 162 g/mol. The fourth-order valence-electron chi connectivity index (χ4n) is 2.17. The van der Waals surface area contributed by atoms with Crippen LogP contribution in [0.15, 0.2) is 0 Å². The molecule has 0 aromatic rings. The maximum Gasteiger partial charge on any atom is 0.0664 e. The first-order valence-electron chi connectivity index (χ1n) is 5.46. The van der Waals surface area contributed by atoms with Crippen molar-refractivity contribution in [3.8, 4) is 0 Å². The first kappa shape index (κ1) is 11.0. The molecule has 0 bridgehead atoms. The van der Waals surface area contributed by atoms with Crippen molar-refractivity contribution in [1.29, 1.82) is 0 Å². The van der Waals surface area contributed by atoms with Crippen molar-refractivity contribution in [2.45, 2.75) is 58.7 Å². The second kappa shape index (κ2) is 4.43. The molecule has 78 valence electrons. The van der Waals surface area contributed by atoms with Crippen molar-refractivity contribution in [3.05, 3.63) is 0 Å². The topological polar surface area (TPSA) is 23.5 Å². The molecule has 1 saturated heterocycles. The van der Waals surface area contributed by atoms with E-state index in [1.807, 2.05) is 6.92 Å². The van der Waals surface area contributed by atoms with Gasteiger partial charge in [0.2, 0.25) is 0 Å². The van der Waals surface area contributed by atoms with Gasteiger partial charge in [-0.25, -0.2) is 0 Å². The third-order valence-corrected chi connectivity index (χ3v) is 3.39. The number of hydrogen-bond donors (Lipinski definition) is 1. The second-order valence-corrected chi connectivity index (χ2v) is 4.71. The molecule has 0 aromatic heterocycles. The summed E-state index contributed by atoms with van der Waals surface area (Å²) in [5, 5.41) is 9.54. The van der Waals surface area contributed by atoms with Crippen molar-refractivity contribution in [3.63, 3.8) is 0 Å². The molecule has 2 heteroatoms. The quantitative estimate of drug-likeness (QED) is 0.710. The third-order valence-electron chi connectivity index (χ3n) is 3.39. The number of piperidine rings is 1. The van der Waals surface area contributed by atoms with Crippen molar-refractivity contribution < 1.29 is 5.11 Å². The SMILES string of the molecule is CC1CCC(C)N(C(C)C(C)O)C1. The van der Waals surface area contributed by atoms with Crippen LogP contribution in [0.1, 0.15) is 40.5 Å². The molecule has 0 amide bonds. The van der Waals surface area contributed by atoms with Gasteiger partial charge in [-0.2, -0.15) is 0 Å². The van der Waals surface area contributed by atoms with E-state index in [9.17, 15) is 5.11 Å². The van der Waals surface area contributed by atoms with Gasteiger partial charge in [-0.1, -0.05) is 6.92 Å². The lowest BCUT2D eigenvalue weighted by Crippen LogP contribution is -2.50. The zero-order valence-corrected chi connectivity index (χ0v) is 9.33. The van der Waals surface area contributed by atoms with Gasteiger partial charge in [0, 0.05) is 18.6 Å². The molecule has 1 N–H and O–H groups in total. The summed E-state index contributed by atoms with van der Waals surface area (Å²) in [5.41, 5.74) is 0. The highest BCUT2D eigenvalue weighted by Crippen LogP contribution is 2.24. The Hall–Kier alpha value is -0.0800. The number of likely N-dealkylation sites (tertiary alicyclic amines) is 1. The smallest absolute Gasteiger partial charge is 0.0664 e. The molecule has 2 nitrogen and oxygen atoms in total. The first-order valence-corrected chi connectivity index (χ1v) is 5.46. The lowest BCUT2D eigenvalue weighted by molar-refractivity contribution is 0.0162. The summed E-state index contributed by atoms with van der Waals surface area (Å²) < 4.78 is 0. The summed E-state index contributed by atoms with van der Waals surface area (Å²) >= 11 is 0. The minimum atomic E-state index is -0.215. The minimum Gasteiger partial charge on any atom is -0.392 e. The van der Waals surface area contributed by atoms with Gasteiger partial charge in [-0.3, -0.25) is 4.90 Å². The Labute approximate surface area is 81.9 Å². The summed E-state index contributed by atoms with van der Waals surface area (Å²) in [6.07, 6.45) is 2.40. The summed E-state index contributed by atoms with van der Waals surface area (Å²) in [6.45, 7) is 9.72. The molecule has 0 saturated carbocycles. The molecule has 1 fully saturated rings. The number of nitrogens with zero attached hydrogens (tertiary/aromatic N) is 1. The predicted octanol–water partition coefficient (Wildman–Crippen LogP) is 1.88. The second-order valence-electron chi connectivity index (χ2n) is 4.71. The maximum absolute atomic E-state index is 9.54. The maximum atomic E-state index is 9.54. The fraction of sp³-hybridized carbons (Fsp3) is 1.00. The predicted molar refractivity (Wildman–Crippen MR) is 55.7 cm³/mol. The van der Waals surface area contributed by atoms with E-state index in [4.69, 9.17) is 0 Å². The van der Waals surface area contributed by atoms with Crippen molar-refractivity contribution >= 4 is 0 Å². The summed E-state index contributed by atoms with van der Waals surface area (Å²) in [7, 11) is 0. The van der Waals surface area contributed by atoms with E-state index in [0.29, 0.717) is 12.1 Å². The Morgan fingerprint density at radius 2 is 1.85 bits per heavy atom. The average molecular weight is 185 g/mol. The monoisotopic (exact) mass is 185 g/mol. The molecule has 0 spiro atoms. The van der Waals surface area contributed by atoms with E-state index in [-0.39, 0.29) is 6.10 Å². The molecule has 4 unspecified atom stereocenters. The lowest BCUT2D eigenvalue weighted by Gasteiger charge is -2.41. The Balaban J connectivity index is 2.54. The Morgan fingerprint density at radius 3 is 2.38 bits per heavy atom. The van der Waals surface area contributed by atoms with Crippen LogP contribution in [0.25, 0.3) is 0 Å². The van der Waals surface area contributed by atoms with E-state index in [1.165, 1.54) is 12.8 Å². The average Bonchev–Trinajstić information content (AvgIpc) is 2.08. The molecule has 1 heterocycles. The summed E-state index contributed by atoms with van der Waals surface area (Å²) in [5.74, 6) is 0.789. The number of aliphatic hydroxyl groups is 1. The fourth-order valence-corrected chi connectivity index (χ4v) is 2.17. The summed E-state index contributed by atoms with van der Waals surface area (Å²) in [4.78, 5) is 2.44. The van der Waals surface area contributed by atoms with Crippen LogP contribution in [0.2, 0.25) is 0 Å². The van der Waals surface area contributed by atoms with Crippen LogP contribution in [-0.2, 0) is 0 Å². The lowest BCUT2D eigenvalue weighted by atomic mass is 9.93. The molecule has 0 aliphatic carbocycles. The van der Waals surface area contributed by atoms with E-state index < -0.39 is 0 Å². The third kappa shape index (κ3) is 2.68. The van der Waals surface area contributed by atoms with E-state index in [1.54, 1.807) is 0 Å². The van der Waals surface area contributed by atoms with Crippen LogP contribution in [0.3, 0.4) is 0 Å². The molecule has 1 aliphatic rings. The molecule has 4 atom stereocenters. The molecule has 0 aromatic carbocycles. The van der Waals surface area contributed by atoms with Crippen LogP contribution in [0.4, 0.5) is 0 Å². The summed E-state index contributed by atoms with van der Waals surface area (Å²) in [6, 6.07) is 0.943. The minimum absolute atomic E-state index is 0.215. The van der Waals surface area contributed by atoms with Gasteiger partial charge < -0.3 is 5.11 Å². The molecule has 1 aliphatic heterocycles. The van der Waals surface area contributed by atoms with Crippen LogP contribution in [0, 0.1) is 5.92 Å². The van der Waals surface area contributed by atoms with Crippen molar-refractivity contribution in [2.75, 3.05) is 6.54 Å². The van der Waals surface area contributed by atoms with Crippen LogP contribution >= 0.6 is 0 Å². The number of aliphatic hydroxyl groups excluding tert-OH is 1. The van der Waals surface area contributed by atoms with Crippen LogP contribution < -0.4 is 0 Å². The zero-order valence-electron chi connectivity index (χ0n) is 9.33. The Bertz CT molecular complexity index is 158. The standard InChI is InChI=1S/C11H23NO/c1-8-5-6-9(2)12(7-8)10(3)11(4)13/h8-11,13H,5-7H2,1-4H3. The highest BCUT2D eigenvalue weighted by atomic mass is 16.3. The Morgan fingerprint density at radius 1 is 1.23 bits per heavy atom. The molecule has 1 rings (SSSR count). The van der Waals surface area contributed by atoms with Gasteiger partial charge in [-0.05, 0) is 39.5 Å². The number of rotatable bonds is 2. The molecular formula is C11H23NO. The van der Waals surface area contributed by atoms with E-state index in [0.717, 1.165) is 12.5 Å². The molecule has 13 heavy (non-hydrogen) atoms. The highest BCUT2D eigenvalue weighted by molar-refractivity contribution is 4.82. The van der Waals surface area contributed by atoms with Gasteiger partial charge in [0.05, 0.1) is 6.10 Å². The van der Waals surface area contributed by atoms with Gasteiger partial charge in [0.25, 0.3) is 0 Å². The largest absolute Gasteiger partial charge is 0.392 e. The Kier molecular flexibility index (Phi) is 3.74. The first-order chi connectivity index (χ1) is 6.02. The van der Waals surface area contributed by atoms with Gasteiger partial charge >= 0.3 is 0 Å². The van der Waals surface area contributed by atoms with Gasteiger partial charge in [0.1, 0.15) is 0 Å².